The summed E-state index contributed by atoms with van der Waals surface area (Å²) >= 11 is 5.77. The average molecular weight is 384 g/mol. The quantitative estimate of drug-likeness (QED) is 0.648. The Labute approximate surface area is 148 Å². The van der Waals surface area contributed by atoms with Crippen molar-refractivity contribution >= 4 is 39.9 Å². The maximum Gasteiger partial charge on any atom is 0.240 e. The van der Waals surface area contributed by atoms with E-state index in [1.54, 1.807) is 12.1 Å². The number of benzene rings is 1. The number of carbonyl (C=O) groups excluding carboxylic acids is 1. The lowest BCUT2D eigenvalue weighted by molar-refractivity contribution is -0.124. The smallest absolute Gasteiger partial charge is 0.240 e. The third-order valence-electron chi connectivity index (χ3n) is 3.04. The molecule has 1 atom stereocenters. The fraction of sp³-hybridized carbons (Fsp3) is 0.500. The molecule has 0 radical (unpaired) electrons. The highest BCUT2D eigenvalue weighted by Crippen LogP contribution is 2.17. The standard InChI is InChI=1S/C14H22ClN3O3S.ClH/c1-14(2,3)12(16)13(19)17-7-8-18-22(20,21)11-6-4-5-10(15)9-11;/h4-6,9,12,18H,7-8,16H2,1-3H3,(H,17,19);1H/t12-;/m1./s1. The van der Waals surface area contributed by atoms with Gasteiger partial charge in [-0.2, -0.15) is 0 Å². The Morgan fingerprint density at radius 1 is 1.30 bits per heavy atom. The van der Waals surface area contributed by atoms with E-state index >= 15 is 0 Å². The summed E-state index contributed by atoms with van der Waals surface area (Å²) < 4.78 is 26.4. The minimum absolute atomic E-state index is 0. The van der Waals surface area contributed by atoms with Crippen LogP contribution in [0, 0.1) is 5.41 Å². The van der Waals surface area contributed by atoms with E-state index < -0.39 is 16.1 Å². The first-order chi connectivity index (χ1) is 10.0. The van der Waals surface area contributed by atoms with E-state index in [9.17, 15) is 13.2 Å². The van der Waals surface area contributed by atoms with Gasteiger partial charge in [-0.05, 0) is 23.6 Å². The van der Waals surface area contributed by atoms with Crippen LogP contribution in [0.25, 0.3) is 0 Å². The summed E-state index contributed by atoms with van der Waals surface area (Å²) in [6, 6.07) is 5.30. The summed E-state index contributed by atoms with van der Waals surface area (Å²) in [5, 5.41) is 2.95. The minimum Gasteiger partial charge on any atom is -0.353 e. The largest absolute Gasteiger partial charge is 0.353 e. The first kappa shape index (κ1) is 22.1. The van der Waals surface area contributed by atoms with E-state index in [1.165, 1.54) is 12.1 Å². The van der Waals surface area contributed by atoms with Crippen LogP contribution in [-0.2, 0) is 14.8 Å². The SMILES string of the molecule is CC(C)(C)[C@H](N)C(=O)NCCNS(=O)(=O)c1cccc(Cl)c1.Cl. The van der Waals surface area contributed by atoms with Crippen LogP contribution in [0.3, 0.4) is 0 Å². The predicted octanol–water partition coefficient (Wildman–Crippen LogP) is 1.53. The average Bonchev–Trinajstić information content (AvgIpc) is 2.41. The van der Waals surface area contributed by atoms with Crippen molar-refractivity contribution < 1.29 is 13.2 Å². The lowest BCUT2D eigenvalue weighted by atomic mass is 9.87. The van der Waals surface area contributed by atoms with E-state index in [0.717, 1.165) is 0 Å². The van der Waals surface area contributed by atoms with Gasteiger partial charge in [-0.3, -0.25) is 4.79 Å². The molecule has 9 heteroatoms. The molecular weight excluding hydrogens is 361 g/mol. The highest BCUT2D eigenvalue weighted by molar-refractivity contribution is 7.89. The van der Waals surface area contributed by atoms with Gasteiger partial charge in [0.25, 0.3) is 0 Å². The number of hydrogen-bond acceptors (Lipinski definition) is 4. The van der Waals surface area contributed by atoms with Crippen LogP contribution in [0.5, 0.6) is 0 Å². The van der Waals surface area contributed by atoms with Crippen LogP contribution >= 0.6 is 24.0 Å². The van der Waals surface area contributed by atoms with Gasteiger partial charge in [0.1, 0.15) is 0 Å². The molecule has 0 aliphatic rings. The molecule has 0 saturated heterocycles. The van der Waals surface area contributed by atoms with Crippen LogP contribution < -0.4 is 15.8 Å². The van der Waals surface area contributed by atoms with E-state index in [0.29, 0.717) is 5.02 Å². The van der Waals surface area contributed by atoms with Crippen molar-refractivity contribution in [2.24, 2.45) is 11.1 Å². The van der Waals surface area contributed by atoms with Crippen LogP contribution in [-0.4, -0.2) is 33.5 Å². The van der Waals surface area contributed by atoms with Gasteiger partial charge >= 0.3 is 0 Å². The molecule has 1 amide bonds. The number of sulfonamides is 1. The maximum atomic E-state index is 12.0. The molecule has 132 valence electrons. The van der Waals surface area contributed by atoms with Crippen molar-refractivity contribution in [3.05, 3.63) is 29.3 Å². The normalized spacial score (nSPS) is 13.1. The molecule has 0 aliphatic heterocycles. The van der Waals surface area contributed by atoms with Gasteiger partial charge in [-0.1, -0.05) is 38.4 Å². The van der Waals surface area contributed by atoms with Crippen molar-refractivity contribution in [3.8, 4) is 0 Å². The summed E-state index contributed by atoms with van der Waals surface area (Å²) in [4.78, 5) is 11.9. The molecule has 0 fully saturated rings. The van der Waals surface area contributed by atoms with E-state index in [4.69, 9.17) is 17.3 Å². The molecule has 0 bridgehead atoms. The summed E-state index contributed by atoms with van der Waals surface area (Å²) in [6.45, 7) is 5.80. The zero-order valence-corrected chi connectivity index (χ0v) is 15.7. The van der Waals surface area contributed by atoms with Gasteiger partial charge in [-0.15, -0.1) is 12.4 Å². The zero-order valence-electron chi connectivity index (χ0n) is 13.3. The topological polar surface area (TPSA) is 101 Å². The second kappa shape index (κ2) is 8.84. The summed E-state index contributed by atoms with van der Waals surface area (Å²) in [7, 11) is -3.65. The third kappa shape index (κ3) is 7.05. The Morgan fingerprint density at radius 3 is 2.43 bits per heavy atom. The molecule has 1 aromatic rings. The number of carbonyl (C=O) groups is 1. The number of nitrogens with one attached hydrogen (secondary N) is 2. The molecule has 0 saturated carbocycles. The fourth-order valence-corrected chi connectivity index (χ4v) is 2.92. The van der Waals surface area contributed by atoms with Gasteiger partial charge < -0.3 is 11.1 Å². The fourth-order valence-electron chi connectivity index (χ4n) is 1.59. The Balaban J connectivity index is 0.00000484. The van der Waals surface area contributed by atoms with Gasteiger partial charge in [0.2, 0.25) is 15.9 Å². The summed E-state index contributed by atoms with van der Waals surface area (Å²) in [6.07, 6.45) is 0. The molecule has 6 nitrogen and oxygen atoms in total. The van der Waals surface area contributed by atoms with Crippen molar-refractivity contribution in [1.82, 2.24) is 10.0 Å². The first-order valence-electron chi connectivity index (χ1n) is 6.82. The molecule has 0 unspecified atom stereocenters. The van der Waals surface area contributed by atoms with Gasteiger partial charge in [0.05, 0.1) is 10.9 Å². The highest BCUT2D eigenvalue weighted by atomic mass is 35.5. The molecule has 0 spiro atoms. The number of hydrogen-bond donors (Lipinski definition) is 3. The molecule has 23 heavy (non-hydrogen) atoms. The predicted molar refractivity (Wildman–Crippen MR) is 94.3 cm³/mol. The lowest BCUT2D eigenvalue weighted by Crippen LogP contribution is -2.49. The third-order valence-corrected chi connectivity index (χ3v) is 4.73. The Hall–Kier alpha value is -0.860. The molecule has 0 aromatic heterocycles. The lowest BCUT2D eigenvalue weighted by Gasteiger charge is -2.25. The number of amides is 1. The molecule has 1 aromatic carbocycles. The molecule has 1 rings (SSSR count). The van der Waals surface area contributed by atoms with Crippen LogP contribution in [0.15, 0.2) is 29.2 Å². The molecule has 4 N–H and O–H groups in total. The second-order valence-electron chi connectivity index (χ2n) is 5.99. The van der Waals surface area contributed by atoms with E-state index in [2.05, 4.69) is 10.0 Å². The summed E-state index contributed by atoms with van der Waals surface area (Å²) in [5.74, 6) is -0.311. The highest BCUT2D eigenvalue weighted by Gasteiger charge is 2.27. The first-order valence-corrected chi connectivity index (χ1v) is 8.68. The van der Waals surface area contributed by atoms with Gasteiger partial charge in [0, 0.05) is 18.1 Å². The van der Waals surface area contributed by atoms with Crippen LogP contribution in [0.1, 0.15) is 20.8 Å². The molecule has 0 heterocycles. The number of rotatable bonds is 6. The van der Waals surface area contributed by atoms with Crippen LogP contribution in [0.2, 0.25) is 5.02 Å². The number of nitrogens with two attached hydrogens (primary N) is 1. The van der Waals surface area contributed by atoms with Crippen molar-refractivity contribution in [1.29, 1.82) is 0 Å². The van der Waals surface area contributed by atoms with E-state index in [-0.39, 0.29) is 41.7 Å². The molecule has 0 aliphatic carbocycles. The zero-order chi connectivity index (χ0) is 17.0. The van der Waals surface area contributed by atoms with Crippen molar-refractivity contribution in [2.75, 3.05) is 13.1 Å². The van der Waals surface area contributed by atoms with Crippen molar-refractivity contribution in [3.63, 3.8) is 0 Å². The maximum absolute atomic E-state index is 12.0. The van der Waals surface area contributed by atoms with Gasteiger partial charge in [0.15, 0.2) is 0 Å². The number of halogens is 2. The monoisotopic (exact) mass is 383 g/mol. The Morgan fingerprint density at radius 2 is 1.91 bits per heavy atom. The minimum atomic E-state index is -3.65. The summed E-state index contributed by atoms with van der Waals surface area (Å²) in [5.41, 5.74) is 5.45. The van der Waals surface area contributed by atoms with Crippen LogP contribution in [0.4, 0.5) is 0 Å². The van der Waals surface area contributed by atoms with E-state index in [1.807, 2.05) is 20.8 Å². The van der Waals surface area contributed by atoms with Crippen molar-refractivity contribution in [2.45, 2.75) is 31.7 Å². The Bertz CT molecular complexity index is 630. The van der Waals surface area contributed by atoms with Gasteiger partial charge in [-0.25, -0.2) is 13.1 Å². The second-order valence-corrected chi connectivity index (χ2v) is 8.19. The Kier molecular flexibility index (Phi) is 8.51. The molecular formula is C14H23Cl2N3O3S.